The van der Waals surface area contributed by atoms with Crippen molar-refractivity contribution in [1.82, 2.24) is 0 Å². The van der Waals surface area contributed by atoms with Gasteiger partial charge in [-0.25, -0.2) is 0 Å². The fourth-order valence-electron chi connectivity index (χ4n) is 2.46. The number of hydrogen-bond donors (Lipinski definition) is 0. The van der Waals surface area contributed by atoms with Crippen LogP contribution in [0, 0.1) is 17.8 Å². The van der Waals surface area contributed by atoms with Gasteiger partial charge in [0, 0.05) is 12.3 Å². The minimum absolute atomic E-state index is 0.232. The Labute approximate surface area is 88.3 Å². The Morgan fingerprint density at radius 2 is 2.07 bits per heavy atom. The van der Waals surface area contributed by atoms with Crippen molar-refractivity contribution >= 4 is 5.78 Å². The van der Waals surface area contributed by atoms with Crippen LogP contribution in [0.15, 0.2) is 0 Å². The Morgan fingerprint density at radius 3 is 2.64 bits per heavy atom. The third-order valence-corrected chi connectivity index (χ3v) is 3.49. The molecular weight excluding hydrogens is 172 g/mol. The normalized spacial score (nSPS) is 28.0. The van der Waals surface area contributed by atoms with Crippen LogP contribution in [0.1, 0.15) is 59.3 Å². The van der Waals surface area contributed by atoms with Crippen molar-refractivity contribution < 1.29 is 4.79 Å². The summed E-state index contributed by atoms with van der Waals surface area (Å²) in [6.07, 6.45) is 7.44. The zero-order chi connectivity index (χ0) is 10.6. The van der Waals surface area contributed by atoms with Gasteiger partial charge >= 0.3 is 0 Å². The summed E-state index contributed by atoms with van der Waals surface area (Å²) in [6, 6.07) is 0. The lowest BCUT2D eigenvalue weighted by atomic mass is 9.79. The second-order valence-corrected chi connectivity index (χ2v) is 5.30. The zero-order valence-electron chi connectivity index (χ0n) is 9.88. The van der Waals surface area contributed by atoms with E-state index in [1.807, 2.05) is 13.8 Å². The van der Waals surface area contributed by atoms with E-state index in [0.29, 0.717) is 5.78 Å². The first-order valence-corrected chi connectivity index (χ1v) is 6.12. The molecule has 0 aromatic rings. The van der Waals surface area contributed by atoms with Crippen molar-refractivity contribution in [2.24, 2.45) is 17.8 Å². The Bertz CT molecular complexity index is 184. The molecular formula is C13H24O. The molecule has 0 aromatic carbocycles. The van der Waals surface area contributed by atoms with Crippen LogP contribution in [-0.2, 0) is 4.79 Å². The molecule has 1 nitrogen and oxygen atoms in total. The van der Waals surface area contributed by atoms with Gasteiger partial charge in [-0.2, -0.15) is 0 Å². The molecule has 1 heteroatoms. The molecule has 0 heterocycles. The largest absolute Gasteiger partial charge is 0.299 e. The van der Waals surface area contributed by atoms with E-state index in [1.165, 1.54) is 25.7 Å². The van der Waals surface area contributed by atoms with Crippen LogP contribution in [0.5, 0.6) is 0 Å². The van der Waals surface area contributed by atoms with Gasteiger partial charge in [-0.05, 0) is 24.7 Å². The molecule has 1 saturated carbocycles. The van der Waals surface area contributed by atoms with Crippen molar-refractivity contribution in [3.05, 3.63) is 0 Å². The lowest BCUT2D eigenvalue weighted by molar-refractivity contribution is -0.122. The maximum Gasteiger partial charge on any atom is 0.135 e. The molecule has 2 unspecified atom stereocenters. The van der Waals surface area contributed by atoms with E-state index < -0.39 is 0 Å². The average molecular weight is 196 g/mol. The van der Waals surface area contributed by atoms with Gasteiger partial charge in [-0.15, -0.1) is 0 Å². The van der Waals surface area contributed by atoms with Crippen LogP contribution in [0.2, 0.25) is 0 Å². The minimum Gasteiger partial charge on any atom is -0.299 e. The Hall–Kier alpha value is -0.330. The van der Waals surface area contributed by atoms with Crippen LogP contribution < -0.4 is 0 Å². The lowest BCUT2D eigenvalue weighted by Gasteiger charge is -2.26. The van der Waals surface area contributed by atoms with Crippen molar-refractivity contribution in [3.63, 3.8) is 0 Å². The second kappa shape index (κ2) is 5.53. The summed E-state index contributed by atoms with van der Waals surface area (Å²) in [5.74, 6) is 2.41. The predicted molar refractivity (Wildman–Crippen MR) is 60.2 cm³/mol. The van der Waals surface area contributed by atoms with Gasteiger partial charge in [0.1, 0.15) is 5.78 Å². The summed E-state index contributed by atoms with van der Waals surface area (Å²) in [7, 11) is 0. The Balaban J connectivity index is 2.20. The molecule has 0 spiro atoms. The summed E-state index contributed by atoms with van der Waals surface area (Å²) in [5, 5.41) is 0. The summed E-state index contributed by atoms with van der Waals surface area (Å²) >= 11 is 0. The van der Waals surface area contributed by atoms with E-state index >= 15 is 0 Å². The standard InChI is InChI=1S/C13H24O/c1-10(2)13(14)8-7-12-6-4-5-11(3)9-12/h10-12H,4-9H2,1-3H3. The fraction of sp³-hybridized carbons (Fsp3) is 0.923. The zero-order valence-corrected chi connectivity index (χ0v) is 9.88. The van der Waals surface area contributed by atoms with E-state index in [9.17, 15) is 4.79 Å². The maximum atomic E-state index is 11.5. The average Bonchev–Trinajstić information content (AvgIpc) is 2.14. The molecule has 1 aliphatic carbocycles. The number of carbonyl (C=O) groups is 1. The predicted octanol–water partition coefficient (Wildman–Crippen LogP) is 3.82. The number of hydrogen-bond acceptors (Lipinski definition) is 1. The second-order valence-electron chi connectivity index (χ2n) is 5.30. The van der Waals surface area contributed by atoms with E-state index in [0.717, 1.165) is 24.7 Å². The van der Waals surface area contributed by atoms with E-state index in [4.69, 9.17) is 0 Å². The highest BCUT2D eigenvalue weighted by atomic mass is 16.1. The van der Waals surface area contributed by atoms with Crippen molar-refractivity contribution in [2.75, 3.05) is 0 Å². The van der Waals surface area contributed by atoms with Crippen molar-refractivity contribution in [2.45, 2.75) is 59.3 Å². The van der Waals surface area contributed by atoms with Crippen LogP contribution >= 0.6 is 0 Å². The van der Waals surface area contributed by atoms with Gasteiger partial charge in [0.15, 0.2) is 0 Å². The van der Waals surface area contributed by atoms with Gasteiger partial charge in [-0.3, -0.25) is 4.79 Å². The molecule has 0 radical (unpaired) electrons. The van der Waals surface area contributed by atoms with Crippen LogP contribution in [-0.4, -0.2) is 5.78 Å². The van der Waals surface area contributed by atoms with E-state index in [2.05, 4.69) is 6.92 Å². The van der Waals surface area contributed by atoms with E-state index in [1.54, 1.807) is 0 Å². The number of rotatable bonds is 4. The van der Waals surface area contributed by atoms with Crippen molar-refractivity contribution in [3.8, 4) is 0 Å². The number of ketones is 1. The first-order chi connectivity index (χ1) is 6.59. The van der Waals surface area contributed by atoms with Gasteiger partial charge < -0.3 is 0 Å². The third kappa shape index (κ3) is 3.81. The summed E-state index contributed by atoms with van der Waals surface area (Å²) < 4.78 is 0. The third-order valence-electron chi connectivity index (χ3n) is 3.49. The van der Waals surface area contributed by atoms with Gasteiger partial charge in [0.2, 0.25) is 0 Å². The molecule has 1 rings (SSSR count). The first kappa shape index (κ1) is 11.7. The smallest absolute Gasteiger partial charge is 0.135 e. The SMILES string of the molecule is CC1CCCC(CCC(=O)C(C)C)C1. The topological polar surface area (TPSA) is 17.1 Å². The minimum atomic E-state index is 0.232. The molecule has 0 N–H and O–H groups in total. The highest BCUT2D eigenvalue weighted by molar-refractivity contribution is 5.80. The van der Waals surface area contributed by atoms with Crippen LogP contribution in [0.25, 0.3) is 0 Å². The summed E-state index contributed by atoms with van der Waals surface area (Å²) in [6.45, 7) is 6.36. The lowest BCUT2D eigenvalue weighted by Crippen LogP contribution is -2.15. The fourth-order valence-corrected chi connectivity index (χ4v) is 2.46. The summed E-state index contributed by atoms with van der Waals surface area (Å²) in [4.78, 5) is 11.5. The highest BCUT2D eigenvalue weighted by Gasteiger charge is 2.19. The first-order valence-electron chi connectivity index (χ1n) is 6.12. The Morgan fingerprint density at radius 1 is 1.36 bits per heavy atom. The van der Waals surface area contributed by atoms with Crippen LogP contribution in [0.4, 0.5) is 0 Å². The van der Waals surface area contributed by atoms with Crippen LogP contribution in [0.3, 0.4) is 0 Å². The number of carbonyl (C=O) groups excluding carboxylic acids is 1. The van der Waals surface area contributed by atoms with Gasteiger partial charge in [0.05, 0.1) is 0 Å². The summed E-state index contributed by atoms with van der Waals surface area (Å²) in [5.41, 5.74) is 0. The molecule has 0 saturated heterocycles. The molecule has 1 aliphatic rings. The quantitative estimate of drug-likeness (QED) is 0.668. The molecule has 1 fully saturated rings. The maximum absolute atomic E-state index is 11.5. The van der Waals surface area contributed by atoms with Crippen molar-refractivity contribution in [1.29, 1.82) is 0 Å². The van der Waals surface area contributed by atoms with Gasteiger partial charge in [0.25, 0.3) is 0 Å². The molecule has 0 amide bonds. The van der Waals surface area contributed by atoms with Gasteiger partial charge in [-0.1, -0.05) is 40.0 Å². The molecule has 82 valence electrons. The molecule has 0 aromatic heterocycles. The molecule has 0 aliphatic heterocycles. The Kier molecular flexibility index (Phi) is 4.64. The van der Waals surface area contributed by atoms with E-state index in [-0.39, 0.29) is 5.92 Å². The molecule has 2 atom stereocenters. The molecule has 14 heavy (non-hydrogen) atoms. The highest BCUT2D eigenvalue weighted by Crippen LogP contribution is 2.31. The molecule has 0 bridgehead atoms. The monoisotopic (exact) mass is 196 g/mol. The number of Topliss-reactive ketones (excluding diaryl/α,β-unsaturated/α-hetero) is 1.